The van der Waals surface area contributed by atoms with Gasteiger partial charge in [-0.3, -0.25) is 5.32 Å². The summed E-state index contributed by atoms with van der Waals surface area (Å²) in [4.78, 5) is 21.1. The molecular weight excluding hydrogens is 394 g/mol. The zero-order chi connectivity index (χ0) is 21.0. The van der Waals surface area contributed by atoms with Gasteiger partial charge in [0.15, 0.2) is 5.82 Å². The quantitative estimate of drug-likeness (QED) is 0.543. The zero-order valence-corrected chi connectivity index (χ0v) is 17.5. The summed E-state index contributed by atoms with van der Waals surface area (Å²) in [5, 5.41) is 3.60. The molecule has 1 aromatic carbocycles. The predicted molar refractivity (Wildman–Crippen MR) is 113 cm³/mol. The second kappa shape index (κ2) is 8.75. The van der Waals surface area contributed by atoms with Crippen molar-refractivity contribution in [2.24, 2.45) is 0 Å². The number of benzene rings is 1. The predicted octanol–water partition coefficient (Wildman–Crippen LogP) is 2.65. The Bertz CT molecular complexity index is 1140. The lowest BCUT2D eigenvalue weighted by Gasteiger charge is -2.11. The van der Waals surface area contributed by atoms with E-state index in [2.05, 4.69) is 19.6 Å². The molecule has 0 aliphatic carbocycles. The number of sulfonamides is 1. The van der Waals surface area contributed by atoms with Crippen LogP contribution in [0.15, 0.2) is 24.3 Å². The minimum atomic E-state index is -3.18. The second-order valence-electron chi connectivity index (χ2n) is 6.70. The first-order valence-electron chi connectivity index (χ1n) is 9.41. The van der Waals surface area contributed by atoms with Crippen molar-refractivity contribution in [2.75, 3.05) is 25.2 Å². The maximum absolute atomic E-state index is 11.8. The zero-order valence-electron chi connectivity index (χ0n) is 16.7. The normalized spacial score (nSPS) is 11.8. The first-order chi connectivity index (χ1) is 13.8. The molecule has 0 radical (unpaired) electrons. The number of fused-ring (bicyclic) bond motifs is 3. The summed E-state index contributed by atoms with van der Waals surface area (Å²) in [6.07, 6.45) is 2.74. The lowest BCUT2D eigenvalue weighted by Crippen LogP contribution is -2.23. The van der Waals surface area contributed by atoms with Crippen LogP contribution in [0, 0.1) is 0 Å². The first kappa shape index (κ1) is 21.0. The van der Waals surface area contributed by atoms with E-state index in [0.717, 1.165) is 34.9 Å². The highest BCUT2D eigenvalue weighted by Crippen LogP contribution is 2.30. The maximum Gasteiger partial charge on any atom is 0.412 e. The number of pyridine rings is 1. The number of methoxy groups -OCH3 is 1. The molecule has 1 amide bonds. The van der Waals surface area contributed by atoms with Gasteiger partial charge >= 0.3 is 6.09 Å². The molecule has 9 nitrogen and oxygen atoms in total. The number of nitrogens with zero attached hydrogens (tertiary/aromatic N) is 3. The summed E-state index contributed by atoms with van der Waals surface area (Å²) in [6, 6.07) is 7.70. The van der Waals surface area contributed by atoms with E-state index in [9.17, 15) is 13.2 Å². The highest BCUT2D eigenvalue weighted by atomic mass is 32.2. The van der Waals surface area contributed by atoms with Gasteiger partial charge in [0.05, 0.1) is 24.4 Å². The van der Waals surface area contributed by atoms with Crippen LogP contribution in [0.25, 0.3) is 21.9 Å². The van der Waals surface area contributed by atoms with Crippen molar-refractivity contribution in [1.29, 1.82) is 0 Å². The molecule has 0 unspecified atom stereocenters. The minimum absolute atomic E-state index is 0.359. The number of aryl methyl sites for hydroxylation is 2. The number of hydrogen-bond acceptors (Lipinski definition) is 6. The Morgan fingerprint density at radius 1 is 1.21 bits per heavy atom. The van der Waals surface area contributed by atoms with E-state index < -0.39 is 16.1 Å². The van der Waals surface area contributed by atoms with Crippen LogP contribution >= 0.6 is 0 Å². The number of carbonyl (C=O) groups excluding carboxylic acids is 1. The molecular formula is C19H25N5O4S. The van der Waals surface area contributed by atoms with Gasteiger partial charge in [0, 0.05) is 24.9 Å². The SMILES string of the molecule is CCc1nc2c(NC(=O)OC)nc3ccccc3c2n1CCCCNS(C)(=O)=O. The van der Waals surface area contributed by atoms with Crippen LogP contribution in [0.3, 0.4) is 0 Å². The molecule has 3 aromatic rings. The number of nitrogens with one attached hydrogen (secondary N) is 2. The summed E-state index contributed by atoms with van der Waals surface area (Å²) < 4.78 is 31.8. The molecule has 2 aromatic heterocycles. The molecule has 2 heterocycles. The molecule has 0 spiro atoms. The highest BCUT2D eigenvalue weighted by Gasteiger charge is 2.19. The third-order valence-electron chi connectivity index (χ3n) is 4.56. The molecule has 0 bridgehead atoms. The monoisotopic (exact) mass is 419 g/mol. The van der Waals surface area contributed by atoms with Gasteiger partial charge in [0.1, 0.15) is 11.3 Å². The molecule has 0 fully saturated rings. The van der Waals surface area contributed by atoms with Gasteiger partial charge in [-0.1, -0.05) is 25.1 Å². The molecule has 29 heavy (non-hydrogen) atoms. The van der Waals surface area contributed by atoms with E-state index in [-0.39, 0.29) is 0 Å². The van der Waals surface area contributed by atoms with E-state index in [1.165, 1.54) is 7.11 Å². The molecule has 0 saturated carbocycles. The average molecular weight is 420 g/mol. The van der Waals surface area contributed by atoms with E-state index in [1.807, 2.05) is 31.2 Å². The Hall–Kier alpha value is -2.72. The van der Waals surface area contributed by atoms with E-state index in [0.29, 0.717) is 37.3 Å². The van der Waals surface area contributed by atoms with Crippen LogP contribution in [0.2, 0.25) is 0 Å². The van der Waals surface area contributed by atoms with Crippen molar-refractivity contribution in [1.82, 2.24) is 19.3 Å². The lowest BCUT2D eigenvalue weighted by atomic mass is 10.2. The van der Waals surface area contributed by atoms with E-state index >= 15 is 0 Å². The third kappa shape index (κ3) is 4.83. The Kier molecular flexibility index (Phi) is 6.33. The van der Waals surface area contributed by atoms with Crippen LogP contribution in [0.4, 0.5) is 10.6 Å². The van der Waals surface area contributed by atoms with Gasteiger partial charge in [-0.15, -0.1) is 0 Å². The van der Waals surface area contributed by atoms with Gasteiger partial charge in [0.2, 0.25) is 10.0 Å². The molecule has 156 valence electrons. The Labute approximate surface area is 169 Å². The standard InChI is InChI=1S/C19H25N5O4S/c1-4-15-22-16-17(24(15)12-8-7-11-20-29(3,26)27)13-9-5-6-10-14(13)21-18(16)23-19(25)28-2/h5-6,9-10,20H,4,7-8,11-12H2,1-3H3,(H,21,23,25). The number of para-hydroxylation sites is 1. The Morgan fingerprint density at radius 3 is 2.66 bits per heavy atom. The number of unbranched alkanes of at least 4 members (excludes halogenated alkanes) is 1. The number of ether oxygens (including phenoxy) is 1. The Balaban J connectivity index is 2.01. The smallest absolute Gasteiger partial charge is 0.412 e. The maximum atomic E-state index is 11.8. The summed E-state index contributed by atoms with van der Waals surface area (Å²) in [5.41, 5.74) is 2.25. The largest absolute Gasteiger partial charge is 0.453 e. The fraction of sp³-hybridized carbons (Fsp3) is 0.421. The molecule has 0 atom stereocenters. The molecule has 3 rings (SSSR count). The van der Waals surface area contributed by atoms with Crippen molar-refractivity contribution >= 4 is 43.9 Å². The number of rotatable bonds is 8. The van der Waals surface area contributed by atoms with E-state index in [4.69, 9.17) is 9.72 Å². The summed E-state index contributed by atoms with van der Waals surface area (Å²) in [5.74, 6) is 1.24. The van der Waals surface area contributed by atoms with Gasteiger partial charge in [-0.05, 0) is 18.9 Å². The number of anilines is 1. The van der Waals surface area contributed by atoms with Crippen molar-refractivity contribution in [3.8, 4) is 0 Å². The molecule has 0 aliphatic rings. The summed E-state index contributed by atoms with van der Waals surface area (Å²) in [6.45, 7) is 3.09. The van der Waals surface area contributed by atoms with Crippen molar-refractivity contribution in [2.45, 2.75) is 32.7 Å². The Morgan fingerprint density at radius 2 is 1.97 bits per heavy atom. The first-order valence-corrected chi connectivity index (χ1v) is 11.3. The number of carbonyl (C=O) groups is 1. The molecule has 2 N–H and O–H groups in total. The topological polar surface area (TPSA) is 115 Å². The number of aromatic nitrogens is 3. The number of amides is 1. The summed E-state index contributed by atoms with van der Waals surface area (Å²) >= 11 is 0. The fourth-order valence-electron chi connectivity index (χ4n) is 3.28. The molecule has 10 heteroatoms. The van der Waals surface area contributed by atoms with Crippen LogP contribution in [-0.2, 0) is 27.7 Å². The van der Waals surface area contributed by atoms with Crippen LogP contribution < -0.4 is 10.0 Å². The van der Waals surface area contributed by atoms with Crippen molar-refractivity contribution in [3.63, 3.8) is 0 Å². The van der Waals surface area contributed by atoms with Crippen molar-refractivity contribution < 1.29 is 17.9 Å². The van der Waals surface area contributed by atoms with Gasteiger partial charge < -0.3 is 9.30 Å². The van der Waals surface area contributed by atoms with Gasteiger partial charge in [-0.25, -0.2) is 27.9 Å². The van der Waals surface area contributed by atoms with Crippen molar-refractivity contribution in [3.05, 3.63) is 30.1 Å². The number of imidazole rings is 1. The molecule has 0 aliphatic heterocycles. The van der Waals surface area contributed by atoms with Crippen LogP contribution in [-0.4, -0.2) is 49.0 Å². The lowest BCUT2D eigenvalue weighted by molar-refractivity contribution is 0.187. The van der Waals surface area contributed by atoms with Crippen LogP contribution in [0.1, 0.15) is 25.6 Å². The minimum Gasteiger partial charge on any atom is -0.453 e. The highest BCUT2D eigenvalue weighted by molar-refractivity contribution is 7.88. The van der Waals surface area contributed by atoms with Crippen LogP contribution in [0.5, 0.6) is 0 Å². The van der Waals surface area contributed by atoms with Gasteiger partial charge in [0.25, 0.3) is 0 Å². The van der Waals surface area contributed by atoms with E-state index in [1.54, 1.807) is 0 Å². The molecule has 0 saturated heterocycles. The average Bonchev–Trinajstić information content (AvgIpc) is 3.06. The summed E-state index contributed by atoms with van der Waals surface area (Å²) in [7, 11) is -1.88. The number of hydrogen-bond donors (Lipinski definition) is 2. The fourth-order valence-corrected chi connectivity index (χ4v) is 3.80. The van der Waals surface area contributed by atoms with Gasteiger partial charge in [-0.2, -0.15) is 0 Å². The second-order valence-corrected chi connectivity index (χ2v) is 8.53. The third-order valence-corrected chi connectivity index (χ3v) is 5.29.